The first-order valence-corrected chi connectivity index (χ1v) is 48.6. The number of nitrogens with zero attached hydrogens (tertiary/aromatic N) is 10. The van der Waals surface area contributed by atoms with E-state index in [9.17, 15) is 0 Å². The first-order chi connectivity index (χ1) is 70.5. The molecule has 19 aromatic carbocycles. The molecule has 0 atom stereocenters. The van der Waals surface area contributed by atoms with Crippen molar-refractivity contribution in [3.8, 4) is 107 Å². The maximum absolute atomic E-state index is 6.44. The van der Waals surface area contributed by atoms with E-state index in [2.05, 4.69) is 375 Å². The third-order valence-corrected chi connectivity index (χ3v) is 27.7. The van der Waals surface area contributed by atoms with Crippen LogP contribution in [0.1, 0.15) is 95.2 Å². The highest BCUT2D eigenvalue weighted by Crippen LogP contribution is 2.61. The Bertz CT molecular complexity index is 8450. The standard InChI is InChI=1S/C46H30N4.2C40H25N3O.2C2H6/c1-4-17-31(18-5-1)43-47-44(37-26-16-30-41-42(37)36-25-12-15-29-40(36)50(41)33-21-8-3-9-22-33)49-45(48-43)46(32-19-6-2-7-20-32)38-27-13-10-23-34(38)35-24-11-14-28-39(35)46;2*1-3-14-26(15-4-1)37-41-38(27-16-5-2-6-17-27)43-39(42-37)40(31-21-10-7-18-28(31)29-19-8-11-22-32(29)40)33-23-13-25-35-36(33)30-20-9-12-24-34(30)44-35;2*1-2/h1-30H;2*1-25H;2*1-2H3. The second-order valence-electron chi connectivity index (χ2n) is 35.1. The van der Waals surface area contributed by atoms with Gasteiger partial charge in [-0.25, -0.2) is 44.9 Å². The maximum atomic E-state index is 6.44. The molecule has 0 saturated heterocycles. The predicted molar refractivity (Wildman–Crippen MR) is 576 cm³/mol. The average Bonchev–Trinajstić information content (AvgIpc) is 1.52. The molecule has 3 aliphatic carbocycles. The van der Waals surface area contributed by atoms with Crippen LogP contribution in [0.3, 0.4) is 0 Å². The Morgan fingerprint density at radius 3 is 0.789 bits per heavy atom. The highest BCUT2D eigenvalue weighted by atomic mass is 16.3. The monoisotopic (exact) mass is 1820 g/mol. The maximum Gasteiger partial charge on any atom is 0.164 e. The molecule has 6 aromatic heterocycles. The number of benzene rings is 19. The summed E-state index contributed by atoms with van der Waals surface area (Å²) in [4.78, 5) is 47.9. The number of hydrogen-bond acceptors (Lipinski definition) is 11. The zero-order chi connectivity index (χ0) is 95.3. The number of furan rings is 2. The molecule has 0 bridgehead atoms. The van der Waals surface area contributed by atoms with Crippen LogP contribution in [0, 0.1) is 0 Å². The summed E-state index contributed by atoms with van der Waals surface area (Å²) >= 11 is 0. The molecule has 0 fully saturated rings. The Balaban J connectivity index is 0.000000113. The fraction of sp³-hybridized carbons (Fsp3) is 0.0538. The molecule has 0 spiro atoms. The SMILES string of the molecule is CC.CC.c1ccc(-c2nc(-c3cccc4c3c3ccccc3n4-c3ccccc3)nc(C3(c4ccccc4)c4ccccc4-c4ccccc43)n2)cc1.c1ccc(-c2nc(-c3ccccc3)nc(C3(c4cccc5oc6ccccc6c45)c4ccccc4-c4ccccc43)n2)cc1.c1ccc(-c2nc(-c3ccccc3)nc(C3(c4cccc5oc6ccccc6c45)c4ccccc4-c4ccccc43)n2)cc1. The van der Waals surface area contributed by atoms with E-state index in [0.717, 1.165) is 144 Å². The lowest BCUT2D eigenvalue weighted by Gasteiger charge is -2.32. The lowest BCUT2D eigenvalue weighted by molar-refractivity contribution is 0.665. The molecule has 3 aliphatic rings. The van der Waals surface area contributed by atoms with Crippen LogP contribution in [0.5, 0.6) is 0 Å². The van der Waals surface area contributed by atoms with Crippen molar-refractivity contribution in [1.29, 1.82) is 0 Å². The fourth-order valence-corrected chi connectivity index (χ4v) is 21.9. The molecule has 6 heterocycles. The van der Waals surface area contributed by atoms with E-state index in [1.165, 1.54) is 44.5 Å². The van der Waals surface area contributed by atoms with E-state index in [-0.39, 0.29) is 0 Å². The van der Waals surface area contributed by atoms with Crippen LogP contribution in [0.2, 0.25) is 0 Å². The summed E-state index contributed by atoms with van der Waals surface area (Å²) < 4.78 is 15.2. The van der Waals surface area contributed by atoms with Gasteiger partial charge in [0.15, 0.2) is 52.4 Å². The summed E-state index contributed by atoms with van der Waals surface area (Å²) in [5.74, 6) is 5.91. The number of rotatable bonds is 13. The first kappa shape index (κ1) is 86.5. The zero-order valence-electron chi connectivity index (χ0n) is 78.5. The van der Waals surface area contributed by atoms with E-state index in [1.54, 1.807) is 0 Å². The van der Waals surface area contributed by atoms with Crippen molar-refractivity contribution in [3.63, 3.8) is 0 Å². The van der Waals surface area contributed by atoms with Gasteiger partial charge < -0.3 is 13.4 Å². The molecule has 674 valence electrons. The first-order valence-electron chi connectivity index (χ1n) is 48.6. The van der Waals surface area contributed by atoms with Gasteiger partial charge in [0.25, 0.3) is 0 Å². The van der Waals surface area contributed by atoms with Crippen molar-refractivity contribution in [2.45, 2.75) is 43.9 Å². The minimum atomic E-state index is -0.838. The number of fused-ring (bicyclic) bond motifs is 18. The van der Waals surface area contributed by atoms with Crippen molar-refractivity contribution in [3.05, 3.63) is 553 Å². The summed E-state index contributed by atoms with van der Waals surface area (Å²) in [7, 11) is 0. The lowest BCUT2D eigenvalue weighted by Crippen LogP contribution is -2.32. The Hall–Kier alpha value is -18.4. The van der Waals surface area contributed by atoms with E-state index in [0.29, 0.717) is 52.4 Å². The zero-order valence-corrected chi connectivity index (χ0v) is 78.5. The summed E-state index contributed by atoms with van der Waals surface area (Å²) in [5.41, 5.74) is 27.3. The van der Waals surface area contributed by atoms with Gasteiger partial charge in [-0.05, 0) is 132 Å². The van der Waals surface area contributed by atoms with Crippen molar-refractivity contribution in [1.82, 2.24) is 49.4 Å². The minimum Gasteiger partial charge on any atom is -0.456 e. The Labute approximate surface area is 822 Å². The van der Waals surface area contributed by atoms with Gasteiger partial charge in [0.1, 0.15) is 38.6 Å². The van der Waals surface area contributed by atoms with Crippen molar-refractivity contribution >= 4 is 65.7 Å². The Kier molecular flexibility index (Phi) is 22.3. The minimum absolute atomic E-state index is 0.639. The molecule has 0 N–H and O–H groups in total. The van der Waals surface area contributed by atoms with Gasteiger partial charge in [-0.1, -0.05) is 464 Å². The quantitative estimate of drug-likeness (QED) is 0.109. The Morgan fingerprint density at radius 1 is 0.176 bits per heavy atom. The van der Waals surface area contributed by atoms with E-state index in [4.69, 9.17) is 53.7 Å². The normalized spacial score (nSPS) is 12.8. The predicted octanol–water partition coefficient (Wildman–Crippen LogP) is 31.7. The van der Waals surface area contributed by atoms with Crippen molar-refractivity contribution < 1.29 is 8.83 Å². The van der Waals surface area contributed by atoms with E-state index < -0.39 is 16.2 Å². The van der Waals surface area contributed by atoms with Gasteiger partial charge >= 0.3 is 0 Å². The number of para-hydroxylation sites is 4. The largest absolute Gasteiger partial charge is 0.456 e. The van der Waals surface area contributed by atoms with Crippen molar-refractivity contribution in [2.24, 2.45) is 0 Å². The molecular weight excluding hydrogens is 1730 g/mol. The van der Waals surface area contributed by atoms with Gasteiger partial charge in [0.05, 0.1) is 11.0 Å². The van der Waals surface area contributed by atoms with Gasteiger partial charge in [-0.3, -0.25) is 0 Å². The topological polar surface area (TPSA) is 147 Å². The molecule has 0 unspecified atom stereocenters. The molecule has 25 aromatic rings. The summed E-state index contributed by atoms with van der Waals surface area (Å²) in [5, 5.41) is 6.54. The molecular formula is C130H92N10O2. The van der Waals surface area contributed by atoms with Gasteiger partial charge in [-0.2, -0.15) is 0 Å². The van der Waals surface area contributed by atoms with Gasteiger partial charge in [-0.15, -0.1) is 0 Å². The molecule has 0 saturated carbocycles. The molecule has 12 nitrogen and oxygen atoms in total. The molecule has 0 amide bonds. The number of aromatic nitrogens is 10. The van der Waals surface area contributed by atoms with Crippen LogP contribution in [0.25, 0.3) is 173 Å². The second kappa shape index (κ2) is 36.6. The van der Waals surface area contributed by atoms with Gasteiger partial charge in [0.2, 0.25) is 0 Å². The highest BCUT2D eigenvalue weighted by Gasteiger charge is 2.53. The number of hydrogen-bond donors (Lipinski definition) is 0. The van der Waals surface area contributed by atoms with Crippen LogP contribution < -0.4 is 0 Å². The second-order valence-corrected chi connectivity index (χ2v) is 35.1. The van der Waals surface area contributed by atoms with Gasteiger partial charge in [0, 0.05) is 71.4 Å². The third kappa shape index (κ3) is 14.1. The van der Waals surface area contributed by atoms with Crippen LogP contribution in [0.4, 0.5) is 0 Å². The van der Waals surface area contributed by atoms with E-state index in [1.807, 2.05) is 143 Å². The smallest absolute Gasteiger partial charge is 0.164 e. The average molecular weight is 1830 g/mol. The van der Waals surface area contributed by atoms with E-state index >= 15 is 0 Å². The summed E-state index contributed by atoms with van der Waals surface area (Å²) in [6.07, 6.45) is 0. The molecule has 142 heavy (non-hydrogen) atoms. The molecule has 12 heteroatoms. The fourth-order valence-electron chi connectivity index (χ4n) is 21.9. The third-order valence-electron chi connectivity index (χ3n) is 27.7. The van der Waals surface area contributed by atoms with Crippen LogP contribution in [-0.2, 0) is 16.2 Å². The van der Waals surface area contributed by atoms with Crippen LogP contribution in [0.15, 0.2) is 494 Å². The molecule has 0 radical (unpaired) electrons. The van der Waals surface area contributed by atoms with Crippen LogP contribution >= 0.6 is 0 Å². The van der Waals surface area contributed by atoms with Crippen LogP contribution in [-0.4, -0.2) is 49.4 Å². The summed E-state index contributed by atoms with van der Waals surface area (Å²) in [6.45, 7) is 8.00. The highest BCUT2D eigenvalue weighted by molar-refractivity contribution is 6.16. The Morgan fingerprint density at radius 2 is 0.423 bits per heavy atom. The van der Waals surface area contributed by atoms with Crippen molar-refractivity contribution in [2.75, 3.05) is 0 Å². The molecule has 0 aliphatic heterocycles. The summed E-state index contributed by atoms with van der Waals surface area (Å²) in [6, 6.07) is 169. The lowest BCUT2D eigenvalue weighted by atomic mass is 9.70. The molecule has 28 rings (SSSR count).